The van der Waals surface area contributed by atoms with Crippen molar-refractivity contribution in [3.63, 3.8) is 0 Å². The van der Waals surface area contributed by atoms with Crippen LogP contribution in [0.5, 0.6) is 0 Å². The fourth-order valence-electron chi connectivity index (χ4n) is 2.34. The van der Waals surface area contributed by atoms with Gasteiger partial charge in [-0.3, -0.25) is 4.79 Å². The van der Waals surface area contributed by atoms with Gasteiger partial charge in [-0.1, -0.05) is 20.3 Å². The van der Waals surface area contributed by atoms with E-state index in [-0.39, 0.29) is 11.8 Å². The van der Waals surface area contributed by atoms with Gasteiger partial charge in [0.2, 0.25) is 5.91 Å². The van der Waals surface area contributed by atoms with E-state index in [0.29, 0.717) is 23.8 Å². The summed E-state index contributed by atoms with van der Waals surface area (Å²) in [7, 11) is 0. The van der Waals surface area contributed by atoms with Crippen LogP contribution in [0.1, 0.15) is 33.1 Å². The highest BCUT2D eigenvalue weighted by molar-refractivity contribution is 7.99. The Morgan fingerprint density at radius 1 is 1.50 bits per heavy atom. The van der Waals surface area contributed by atoms with Crippen LogP contribution in [0.2, 0.25) is 0 Å². The Labute approximate surface area is 103 Å². The van der Waals surface area contributed by atoms with Gasteiger partial charge in [0.15, 0.2) is 0 Å². The first-order valence-electron chi connectivity index (χ1n) is 6.13. The number of carbonyl (C=O) groups excluding carboxylic acids is 1. The molecule has 0 aromatic carbocycles. The van der Waals surface area contributed by atoms with Crippen LogP contribution < -0.4 is 11.1 Å². The standard InChI is InChI=1S/C12H24N2OS/c1-8(2)9(7-13)12(15)14-10-5-4-6-11(10)16-3/h8-11H,4-7,13H2,1-3H3,(H,14,15). The van der Waals surface area contributed by atoms with Crippen molar-refractivity contribution in [1.29, 1.82) is 0 Å². The molecule has 1 fully saturated rings. The average Bonchev–Trinajstić information content (AvgIpc) is 2.65. The van der Waals surface area contributed by atoms with Gasteiger partial charge in [0.25, 0.3) is 0 Å². The molecule has 0 aromatic heterocycles. The highest BCUT2D eigenvalue weighted by atomic mass is 32.2. The maximum atomic E-state index is 12.0. The highest BCUT2D eigenvalue weighted by Crippen LogP contribution is 2.28. The minimum Gasteiger partial charge on any atom is -0.352 e. The van der Waals surface area contributed by atoms with Crippen LogP contribution in [0, 0.1) is 11.8 Å². The zero-order valence-corrected chi connectivity index (χ0v) is 11.3. The molecule has 0 heterocycles. The van der Waals surface area contributed by atoms with Gasteiger partial charge in [-0.2, -0.15) is 11.8 Å². The Kier molecular flexibility index (Phi) is 5.62. The number of nitrogens with one attached hydrogen (secondary N) is 1. The van der Waals surface area contributed by atoms with E-state index in [1.165, 1.54) is 12.8 Å². The Balaban J connectivity index is 2.49. The summed E-state index contributed by atoms with van der Waals surface area (Å²) in [6, 6.07) is 0.357. The van der Waals surface area contributed by atoms with Crippen LogP contribution in [0.4, 0.5) is 0 Å². The maximum Gasteiger partial charge on any atom is 0.224 e. The van der Waals surface area contributed by atoms with Gasteiger partial charge in [0.1, 0.15) is 0 Å². The molecular weight excluding hydrogens is 220 g/mol. The molecule has 1 amide bonds. The molecule has 0 radical (unpaired) electrons. The maximum absolute atomic E-state index is 12.0. The minimum atomic E-state index is -0.0388. The SMILES string of the molecule is CSC1CCCC1NC(=O)C(CN)C(C)C. The summed E-state index contributed by atoms with van der Waals surface area (Å²) in [6.07, 6.45) is 5.69. The van der Waals surface area contributed by atoms with Crippen molar-refractivity contribution in [1.82, 2.24) is 5.32 Å². The van der Waals surface area contributed by atoms with Crippen molar-refractivity contribution in [2.24, 2.45) is 17.6 Å². The molecular formula is C12H24N2OS. The summed E-state index contributed by atoms with van der Waals surface area (Å²) in [5.74, 6) is 0.422. The lowest BCUT2D eigenvalue weighted by atomic mass is 9.95. The van der Waals surface area contributed by atoms with E-state index in [0.717, 1.165) is 6.42 Å². The highest BCUT2D eigenvalue weighted by Gasteiger charge is 2.30. The molecule has 0 spiro atoms. The van der Waals surface area contributed by atoms with Crippen LogP contribution in [-0.4, -0.2) is 30.0 Å². The van der Waals surface area contributed by atoms with E-state index < -0.39 is 0 Å². The van der Waals surface area contributed by atoms with Gasteiger partial charge >= 0.3 is 0 Å². The second-order valence-electron chi connectivity index (χ2n) is 4.91. The molecule has 3 N–H and O–H groups in total. The van der Waals surface area contributed by atoms with Crippen LogP contribution in [0.3, 0.4) is 0 Å². The lowest BCUT2D eigenvalue weighted by Crippen LogP contribution is -2.45. The molecule has 0 aromatic rings. The average molecular weight is 244 g/mol. The number of hydrogen-bond donors (Lipinski definition) is 2. The Bertz CT molecular complexity index is 233. The summed E-state index contributed by atoms with van der Waals surface area (Å²) in [4.78, 5) is 12.0. The second kappa shape index (κ2) is 6.50. The van der Waals surface area contributed by atoms with Crippen LogP contribution in [0.25, 0.3) is 0 Å². The summed E-state index contributed by atoms with van der Waals surface area (Å²) in [6.45, 7) is 4.55. The molecule has 3 atom stereocenters. The normalized spacial score (nSPS) is 27.1. The molecule has 0 aliphatic heterocycles. The van der Waals surface area contributed by atoms with Crippen molar-refractivity contribution in [2.75, 3.05) is 12.8 Å². The third kappa shape index (κ3) is 3.39. The largest absolute Gasteiger partial charge is 0.352 e. The summed E-state index contributed by atoms with van der Waals surface area (Å²) in [5.41, 5.74) is 5.65. The predicted molar refractivity (Wildman–Crippen MR) is 70.5 cm³/mol. The predicted octanol–water partition coefficient (Wildman–Crippen LogP) is 1.62. The first-order chi connectivity index (χ1) is 7.60. The lowest BCUT2D eigenvalue weighted by molar-refractivity contribution is -0.126. The third-order valence-corrected chi connectivity index (χ3v) is 4.65. The van der Waals surface area contributed by atoms with Crippen molar-refractivity contribution in [3.8, 4) is 0 Å². The summed E-state index contributed by atoms with van der Waals surface area (Å²) >= 11 is 1.86. The van der Waals surface area contributed by atoms with Crippen LogP contribution in [-0.2, 0) is 4.79 Å². The number of hydrogen-bond acceptors (Lipinski definition) is 3. The summed E-state index contributed by atoms with van der Waals surface area (Å²) < 4.78 is 0. The molecule has 4 heteroatoms. The van der Waals surface area contributed by atoms with Crippen LogP contribution in [0.15, 0.2) is 0 Å². The van der Waals surface area contributed by atoms with Crippen molar-refractivity contribution >= 4 is 17.7 Å². The van der Waals surface area contributed by atoms with Gasteiger partial charge in [0, 0.05) is 17.8 Å². The first-order valence-corrected chi connectivity index (χ1v) is 7.42. The molecule has 1 aliphatic carbocycles. The monoisotopic (exact) mass is 244 g/mol. The Hall–Kier alpha value is -0.220. The topological polar surface area (TPSA) is 55.1 Å². The molecule has 1 rings (SSSR count). The van der Waals surface area contributed by atoms with Gasteiger partial charge in [0.05, 0.1) is 5.92 Å². The summed E-state index contributed by atoms with van der Waals surface area (Å²) in [5, 5.41) is 3.76. The van der Waals surface area contributed by atoms with Gasteiger partial charge in [-0.25, -0.2) is 0 Å². The number of amides is 1. The molecule has 16 heavy (non-hydrogen) atoms. The Morgan fingerprint density at radius 2 is 2.19 bits per heavy atom. The Morgan fingerprint density at radius 3 is 2.69 bits per heavy atom. The molecule has 1 saturated carbocycles. The first kappa shape index (κ1) is 13.8. The minimum absolute atomic E-state index is 0.0388. The molecule has 0 bridgehead atoms. The smallest absolute Gasteiger partial charge is 0.224 e. The second-order valence-corrected chi connectivity index (χ2v) is 5.98. The zero-order chi connectivity index (χ0) is 12.1. The lowest BCUT2D eigenvalue weighted by Gasteiger charge is -2.24. The molecule has 1 aliphatic rings. The molecule has 94 valence electrons. The van der Waals surface area contributed by atoms with Gasteiger partial charge in [-0.05, 0) is 25.0 Å². The quantitative estimate of drug-likeness (QED) is 0.772. The molecule has 3 nitrogen and oxygen atoms in total. The van der Waals surface area contributed by atoms with E-state index >= 15 is 0 Å². The van der Waals surface area contributed by atoms with Crippen molar-refractivity contribution < 1.29 is 4.79 Å². The zero-order valence-electron chi connectivity index (χ0n) is 10.5. The van der Waals surface area contributed by atoms with Crippen molar-refractivity contribution in [2.45, 2.75) is 44.4 Å². The fourth-order valence-corrected chi connectivity index (χ4v) is 3.28. The van der Waals surface area contributed by atoms with E-state index in [1.54, 1.807) is 0 Å². The van der Waals surface area contributed by atoms with Crippen LogP contribution >= 0.6 is 11.8 Å². The third-order valence-electron chi connectivity index (χ3n) is 3.48. The van der Waals surface area contributed by atoms with E-state index in [1.807, 2.05) is 11.8 Å². The van der Waals surface area contributed by atoms with Crippen molar-refractivity contribution in [3.05, 3.63) is 0 Å². The fraction of sp³-hybridized carbons (Fsp3) is 0.917. The van der Waals surface area contributed by atoms with E-state index in [4.69, 9.17) is 5.73 Å². The number of rotatable bonds is 5. The number of carbonyl (C=O) groups is 1. The number of nitrogens with two attached hydrogens (primary N) is 1. The van der Waals surface area contributed by atoms with Gasteiger partial charge < -0.3 is 11.1 Å². The molecule has 3 unspecified atom stereocenters. The number of thioether (sulfide) groups is 1. The van der Waals surface area contributed by atoms with E-state index in [9.17, 15) is 4.79 Å². The molecule has 0 saturated heterocycles. The van der Waals surface area contributed by atoms with Gasteiger partial charge in [-0.15, -0.1) is 0 Å². The van der Waals surface area contributed by atoms with E-state index in [2.05, 4.69) is 25.4 Å².